The van der Waals surface area contributed by atoms with Crippen LogP contribution >= 0.6 is 11.6 Å². The van der Waals surface area contributed by atoms with Gasteiger partial charge in [0.2, 0.25) is 0 Å². The maximum Gasteiger partial charge on any atom is 0.306 e. The van der Waals surface area contributed by atoms with Crippen LogP contribution in [0, 0.1) is 5.92 Å². The molecule has 13 heteroatoms. The van der Waals surface area contributed by atoms with E-state index in [0.717, 1.165) is 59.0 Å². The van der Waals surface area contributed by atoms with Crippen molar-refractivity contribution in [2.24, 2.45) is 5.92 Å². The van der Waals surface area contributed by atoms with Crippen LogP contribution in [0.4, 0.5) is 0 Å². The minimum atomic E-state index is -3.41. The number of hydrogen-bond acceptors (Lipinski definition) is 8. The highest BCUT2D eigenvalue weighted by Crippen LogP contribution is 2.23. The van der Waals surface area contributed by atoms with Gasteiger partial charge in [-0.25, -0.2) is 8.42 Å². The molecule has 0 bridgehead atoms. The van der Waals surface area contributed by atoms with Gasteiger partial charge in [-0.1, -0.05) is 329 Å². The number of halogens is 1. The lowest BCUT2D eigenvalue weighted by Crippen LogP contribution is -2.05. The summed E-state index contributed by atoms with van der Waals surface area (Å²) in [6, 6.07) is 64.0. The van der Waals surface area contributed by atoms with Gasteiger partial charge in [0.1, 0.15) is 5.75 Å². The first-order valence-corrected chi connectivity index (χ1v) is 42.5. The molecule has 8 aromatic rings. The summed E-state index contributed by atoms with van der Waals surface area (Å²) in [5.41, 5.74) is 25.9. The van der Waals surface area contributed by atoms with Gasteiger partial charge in [-0.15, -0.1) is 11.6 Å². The number of carbonyl (C=O) groups excluding carboxylic acids is 3. The molecule has 0 fully saturated rings. The highest BCUT2D eigenvalue weighted by Gasteiger charge is 2.11. The Morgan fingerprint density at radius 1 is 0.355 bits per heavy atom. The van der Waals surface area contributed by atoms with Crippen LogP contribution in [0.3, 0.4) is 0 Å². The fraction of sp³-hybridized carbons (Fsp3) is 0.447. The molecule has 0 spiro atoms. The van der Waals surface area contributed by atoms with Crippen LogP contribution in [-0.4, -0.2) is 57.2 Å². The predicted octanol–water partition coefficient (Wildman–Crippen LogP) is 26.6. The summed E-state index contributed by atoms with van der Waals surface area (Å²) in [5.74, 6) is 6.60. The monoisotopic (exact) mass is 1520 g/mol. The number of nitrogens with zero attached hydrogens (tertiary/aromatic N) is 2. The molecule has 0 unspecified atom stereocenters. The van der Waals surface area contributed by atoms with Crippen molar-refractivity contribution in [2.75, 3.05) is 12.5 Å². The van der Waals surface area contributed by atoms with Crippen molar-refractivity contribution in [3.05, 3.63) is 278 Å². The Balaban J connectivity index is 0.00000119. The number of carbonyl (C=O) groups is 3. The number of benzene rings is 8. The fourth-order valence-electron chi connectivity index (χ4n) is 9.86. The van der Waals surface area contributed by atoms with Crippen LogP contribution in [0.25, 0.3) is 5.53 Å². The Morgan fingerprint density at radius 3 is 0.738 bits per heavy atom. The fourth-order valence-corrected chi connectivity index (χ4v) is 11.1. The Kier molecular flexibility index (Phi) is 49.1. The van der Waals surface area contributed by atoms with Gasteiger partial charge in [-0.3, -0.25) is 14.4 Å². The molecule has 0 aliphatic heterocycles. The summed E-state index contributed by atoms with van der Waals surface area (Å²) in [6.45, 7) is 50.5. The van der Waals surface area contributed by atoms with E-state index in [4.69, 9.17) is 21.3 Å². The number of rotatable bonds is 22. The Hall–Kier alpha value is -7.86. The molecule has 586 valence electrons. The van der Waals surface area contributed by atoms with Gasteiger partial charge in [0, 0.05) is 61.4 Å². The summed E-state index contributed by atoms with van der Waals surface area (Å²) in [5, 5.41) is 0. The van der Waals surface area contributed by atoms with E-state index in [9.17, 15) is 31.2 Å². The van der Waals surface area contributed by atoms with Gasteiger partial charge in [-0.2, -0.15) is 13.2 Å². The Bertz CT molecular complexity index is 3770. The van der Waals surface area contributed by atoms with E-state index in [1.165, 1.54) is 56.3 Å². The van der Waals surface area contributed by atoms with E-state index in [1.54, 1.807) is 24.3 Å². The van der Waals surface area contributed by atoms with E-state index in [2.05, 4.69) is 216 Å². The zero-order valence-corrected chi connectivity index (χ0v) is 72.4. The lowest BCUT2D eigenvalue weighted by molar-refractivity contribution is -0.00984. The molecule has 0 aliphatic rings. The molecular weight excluding hydrogens is 1380 g/mol. The van der Waals surface area contributed by atoms with Crippen molar-refractivity contribution in [1.82, 2.24) is 0 Å². The molecule has 0 saturated carbocycles. The SMILES string of the molecule is CC(C)c1ccc(CCl)cc1.CC(C)c1ccc(OS(C)(=O)=O)cc1.CC(C)c1ccc(S(C)(=O)=O)cc1.CC(CC(C)C)=[N+]=[N-].CCC(=O)c1ccc(C(C)C)cc1.CCC(=O)c1ccc(C(C)C)cc1.CCC(=O)c1ccc(C(C)C)cc1.CCc1ccc(C(C)C)cc1.CCc1ccc(C(C)C)cc1. The van der Waals surface area contributed by atoms with Crippen molar-refractivity contribution >= 4 is 54.6 Å². The highest BCUT2D eigenvalue weighted by molar-refractivity contribution is 7.90. The van der Waals surface area contributed by atoms with Crippen LogP contribution in [0.2, 0.25) is 0 Å². The lowest BCUT2D eigenvalue weighted by Gasteiger charge is -2.06. The third-order valence-corrected chi connectivity index (χ3v) is 19.1. The van der Waals surface area contributed by atoms with Gasteiger partial charge in [0.05, 0.1) is 11.2 Å². The number of alkyl halides is 1. The second-order valence-corrected chi connectivity index (χ2v) is 33.5. The topological polar surface area (TPSA) is 165 Å². The summed E-state index contributed by atoms with van der Waals surface area (Å²) < 4.78 is 48.5. The maximum atomic E-state index is 11.3. The molecule has 0 radical (unpaired) electrons. The first-order valence-electron chi connectivity index (χ1n) is 38.3. The first-order chi connectivity index (χ1) is 50.1. The number of aryl methyl sites for hydroxylation is 2. The van der Waals surface area contributed by atoms with Gasteiger partial charge < -0.3 is 9.71 Å². The molecule has 8 rings (SSSR count). The summed E-state index contributed by atoms with van der Waals surface area (Å²) in [4.78, 5) is 37.3. The highest BCUT2D eigenvalue weighted by atomic mass is 35.5. The molecule has 0 N–H and O–H groups in total. The van der Waals surface area contributed by atoms with Crippen molar-refractivity contribution in [1.29, 1.82) is 0 Å². The van der Waals surface area contributed by atoms with E-state index in [1.807, 2.05) is 125 Å². The quantitative estimate of drug-likeness (QED) is 0.0161. The smallest absolute Gasteiger partial charge is 0.306 e. The van der Waals surface area contributed by atoms with Gasteiger partial charge in [0.15, 0.2) is 27.2 Å². The van der Waals surface area contributed by atoms with Crippen molar-refractivity contribution in [3.8, 4) is 5.75 Å². The second kappa shape index (κ2) is 53.0. The third kappa shape index (κ3) is 43.1. The molecule has 8 aromatic carbocycles. The minimum absolute atomic E-state index is 0.218. The molecule has 0 heterocycles. The van der Waals surface area contributed by atoms with E-state index in [-0.39, 0.29) is 17.3 Å². The van der Waals surface area contributed by atoms with Crippen molar-refractivity contribution < 1.29 is 40.2 Å². The number of Topliss-reactive ketones (excluding diaryl/α,β-unsaturated/α-hetero) is 3. The molecule has 0 aromatic heterocycles. The summed E-state index contributed by atoms with van der Waals surface area (Å²) in [7, 11) is -6.46. The van der Waals surface area contributed by atoms with Gasteiger partial charge in [-0.05, 0) is 152 Å². The van der Waals surface area contributed by atoms with Crippen LogP contribution in [0.15, 0.2) is 199 Å². The van der Waals surface area contributed by atoms with Crippen molar-refractivity contribution in [2.45, 2.75) is 263 Å². The Morgan fingerprint density at radius 2 is 0.570 bits per heavy atom. The van der Waals surface area contributed by atoms with E-state index >= 15 is 0 Å². The average Bonchev–Trinajstić information content (AvgIpc) is 0.861. The number of hydrogen-bond donors (Lipinski definition) is 0. The predicted molar refractivity (Wildman–Crippen MR) is 459 cm³/mol. The minimum Gasteiger partial charge on any atom is -0.383 e. The van der Waals surface area contributed by atoms with Crippen LogP contribution in [0.1, 0.15) is 331 Å². The standard InChI is InChI=1S/3C12H16O.2C11H16.C10H13Cl.C10H14O3S.C10H14O2S.C6H12N2/c3*1-4-12(13)11-7-5-10(6-8-11)9(2)3;2*1-4-10-5-7-11(8-6-10)9(2)3;1-8(2)10-5-3-9(7-11)4-6-10;1-8(2)9-4-6-10(7-5-9)13-14(3,11)12;1-8(2)9-4-6-10(7-5-9)13(3,11)12;1-5(2)4-6(3)8-7/h3*5-9H,4H2,1-3H3;2*5-9H,4H2,1-3H3;3-6,8H,7H2,1-2H3;4-8H,1-3H3;4-8H,1-3H3;5H,4H2,1-3H3. The maximum absolute atomic E-state index is 11.3. The zero-order chi connectivity index (χ0) is 81.7. The molecular formula is C94H133ClN2O8S2. The third-order valence-electron chi connectivity index (χ3n) is 17.2. The summed E-state index contributed by atoms with van der Waals surface area (Å²) >= 11 is 5.66. The molecule has 0 aliphatic carbocycles. The molecule has 0 atom stereocenters. The van der Waals surface area contributed by atoms with Crippen molar-refractivity contribution in [3.63, 3.8) is 0 Å². The van der Waals surface area contributed by atoms with Crippen LogP contribution in [-0.2, 0) is 38.7 Å². The summed E-state index contributed by atoms with van der Waals surface area (Å²) in [6.07, 6.45) is 7.16. The van der Waals surface area contributed by atoms with E-state index in [0.29, 0.717) is 89.0 Å². The lowest BCUT2D eigenvalue weighted by atomic mass is 10.00. The molecule has 0 saturated heterocycles. The molecule has 107 heavy (non-hydrogen) atoms. The van der Waals surface area contributed by atoms with Gasteiger partial charge >= 0.3 is 10.1 Å². The van der Waals surface area contributed by atoms with Crippen LogP contribution < -0.4 is 4.18 Å². The Labute approximate surface area is 655 Å². The first kappa shape index (κ1) is 99.1. The van der Waals surface area contributed by atoms with Gasteiger partial charge in [0.25, 0.3) is 5.71 Å². The largest absolute Gasteiger partial charge is 0.383 e. The normalized spacial score (nSPS) is 10.7. The number of ketones is 3. The second-order valence-electron chi connectivity index (χ2n) is 29.6. The average molecular weight is 1520 g/mol. The molecule has 10 nitrogen and oxygen atoms in total. The number of sulfone groups is 1. The molecule has 0 amide bonds. The van der Waals surface area contributed by atoms with E-state index < -0.39 is 20.0 Å². The zero-order valence-electron chi connectivity index (χ0n) is 70.0. The van der Waals surface area contributed by atoms with Crippen LogP contribution in [0.5, 0.6) is 5.75 Å².